The van der Waals surface area contributed by atoms with Gasteiger partial charge in [-0.25, -0.2) is 0 Å². The molecule has 0 amide bonds. The van der Waals surface area contributed by atoms with E-state index in [0.29, 0.717) is 48.0 Å². The quantitative estimate of drug-likeness (QED) is 0.670. The highest BCUT2D eigenvalue weighted by Gasteiger charge is 2.34. The highest BCUT2D eigenvalue weighted by molar-refractivity contribution is 5.49. The maximum Gasteiger partial charge on any atom is 0.249 e. The Morgan fingerprint density at radius 2 is 2.03 bits per heavy atom. The monoisotopic (exact) mass is 424 g/mol. The van der Waals surface area contributed by atoms with E-state index in [0.717, 1.165) is 44.5 Å². The molecule has 1 aliphatic heterocycles. The van der Waals surface area contributed by atoms with Crippen LogP contribution in [0.1, 0.15) is 45.9 Å². The predicted molar refractivity (Wildman–Crippen MR) is 121 cm³/mol. The van der Waals surface area contributed by atoms with Gasteiger partial charge in [-0.05, 0) is 81.0 Å². The summed E-state index contributed by atoms with van der Waals surface area (Å²) in [7, 11) is 0. The van der Waals surface area contributed by atoms with Crippen LogP contribution in [0.5, 0.6) is 0 Å². The molecule has 3 atom stereocenters. The summed E-state index contributed by atoms with van der Waals surface area (Å²) in [6, 6.07) is 3.83. The molecule has 1 saturated heterocycles. The number of likely N-dealkylation sites (tertiary alicyclic amines) is 1. The number of rotatable bonds is 7. The van der Waals surface area contributed by atoms with Gasteiger partial charge >= 0.3 is 0 Å². The van der Waals surface area contributed by atoms with Gasteiger partial charge in [0.1, 0.15) is 0 Å². The zero-order valence-electron chi connectivity index (χ0n) is 19.1. The number of nitrogens with zero attached hydrogens (tertiary/aromatic N) is 4. The number of piperidine rings is 1. The molecule has 0 saturated carbocycles. The number of hydrogen-bond acceptors (Lipinski definition) is 6. The molecule has 1 aliphatic carbocycles. The average molecular weight is 425 g/mol. The third kappa shape index (κ3) is 5.42. The second-order valence-electron chi connectivity index (χ2n) is 9.79. The SMILES string of the molecule is CC1=C[C@@H](CN2CCC(CO)CC2)[C@H](C(C)C)C[C@H]1Cc1nnc(-c2cccnc2)o1. The zero-order chi connectivity index (χ0) is 21.8. The van der Waals surface area contributed by atoms with E-state index >= 15 is 0 Å². The molecule has 0 bridgehead atoms. The van der Waals surface area contributed by atoms with Gasteiger partial charge in [-0.3, -0.25) is 4.98 Å². The minimum absolute atomic E-state index is 0.338. The summed E-state index contributed by atoms with van der Waals surface area (Å²) in [6.07, 6.45) is 10.2. The van der Waals surface area contributed by atoms with Gasteiger partial charge in [-0.15, -0.1) is 10.2 Å². The molecule has 2 aromatic rings. The van der Waals surface area contributed by atoms with Crippen molar-refractivity contribution in [3.05, 3.63) is 42.1 Å². The maximum absolute atomic E-state index is 9.42. The molecule has 6 nitrogen and oxygen atoms in total. The van der Waals surface area contributed by atoms with Crippen LogP contribution in [0.15, 0.2) is 40.6 Å². The summed E-state index contributed by atoms with van der Waals surface area (Å²) in [6.45, 7) is 10.7. The molecule has 168 valence electrons. The van der Waals surface area contributed by atoms with Crippen LogP contribution in [0.2, 0.25) is 0 Å². The van der Waals surface area contributed by atoms with E-state index in [4.69, 9.17) is 4.42 Å². The van der Waals surface area contributed by atoms with E-state index in [-0.39, 0.29) is 0 Å². The Hall–Kier alpha value is -2.05. The van der Waals surface area contributed by atoms with Crippen molar-refractivity contribution in [1.82, 2.24) is 20.1 Å². The maximum atomic E-state index is 9.42. The first-order valence-corrected chi connectivity index (χ1v) is 11.8. The van der Waals surface area contributed by atoms with E-state index in [1.807, 2.05) is 12.1 Å². The van der Waals surface area contributed by atoms with Crippen molar-refractivity contribution < 1.29 is 9.52 Å². The molecule has 4 rings (SSSR count). The number of aliphatic hydroxyl groups is 1. The number of aromatic nitrogens is 3. The summed E-state index contributed by atoms with van der Waals surface area (Å²) < 4.78 is 5.97. The van der Waals surface area contributed by atoms with Crippen LogP contribution in [0.3, 0.4) is 0 Å². The van der Waals surface area contributed by atoms with Gasteiger partial charge in [0.2, 0.25) is 11.8 Å². The first kappa shape index (κ1) is 22.2. The van der Waals surface area contributed by atoms with Gasteiger partial charge in [0.15, 0.2) is 0 Å². The van der Waals surface area contributed by atoms with Crippen molar-refractivity contribution in [2.45, 2.75) is 46.5 Å². The second-order valence-corrected chi connectivity index (χ2v) is 9.79. The molecular weight excluding hydrogens is 388 g/mol. The first-order chi connectivity index (χ1) is 15.0. The average Bonchev–Trinajstić information content (AvgIpc) is 3.25. The van der Waals surface area contributed by atoms with E-state index in [1.54, 1.807) is 12.4 Å². The van der Waals surface area contributed by atoms with Crippen molar-refractivity contribution in [3.8, 4) is 11.5 Å². The van der Waals surface area contributed by atoms with Crippen LogP contribution >= 0.6 is 0 Å². The van der Waals surface area contributed by atoms with Gasteiger partial charge in [0.25, 0.3) is 0 Å². The largest absolute Gasteiger partial charge is 0.421 e. The molecule has 1 fully saturated rings. The van der Waals surface area contributed by atoms with E-state index in [9.17, 15) is 5.11 Å². The van der Waals surface area contributed by atoms with Crippen LogP contribution in [-0.2, 0) is 6.42 Å². The van der Waals surface area contributed by atoms with Crippen molar-refractivity contribution in [2.24, 2.45) is 29.6 Å². The Morgan fingerprint density at radius 1 is 1.23 bits per heavy atom. The van der Waals surface area contributed by atoms with Crippen LogP contribution in [0, 0.1) is 29.6 Å². The summed E-state index contributed by atoms with van der Waals surface area (Å²) in [4.78, 5) is 6.74. The normalized spacial score (nSPS) is 25.7. The number of pyridine rings is 1. The van der Waals surface area contributed by atoms with Crippen molar-refractivity contribution >= 4 is 0 Å². The summed E-state index contributed by atoms with van der Waals surface area (Å²) in [5.74, 6) is 4.09. The molecule has 6 heteroatoms. The van der Waals surface area contributed by atoms with Gasteiger partial charge in [0, 0.05) is 32.0 Å². The minimum Gasteiger partial charge on any atom is -0.421 e. The number of hydrogen-bond donors (Lipinski definition) is 1. The lowest BCUT2D eigenvalue weighted by molar-refractivity contribution is 0.103. The van der Waals surface area contributed by atoms with Crippen LogP contribution in [-0.4, -0.2) is 51.4 Å². The topological polar surface area (TPSA) is 75.3 Å². The number of allylic oxidation sites excluding steroid dienone is 1. The summed E-state index contributed by atoms with van der Waals surface area (Å²) in [5, 5.41) is 18.0. The third-order valence-electron chi connectivity index (χ3n) is 7.31. The fourth-order valence-corrected chi connectivity index (χ4v) is 5.29. The Kier molecular flexibility index (Phi) is 7.18. The number of aliphatic hydroxyl groups excluding tert-OH is 1. The van der Waals surface area contributed by atoms with E-state index in [2.05, 4.69) is 46.9 Å². The highest BCUT2D eigenvalue weighted by atomic mass is 16.4. The third-order valence-corrected chi connectivity index (χ3v) is 7.31. The Labute approximate surface area is 185 Å². The summed E-state index contributed by atoms with van der Waals surface area (Å²) in [5.41, 5.74) is 2.32. The fourth-order valence-electron chi connectivity index (χ4n) is 5.29. The van der Waals surface area contributed by atoms with Crippen molar-refractivity contribution in [2.75, 3.05) is 26.2 Å². The van der Waals surface area contributed by atoms with Gasteiger partial charge in [-0.2, -0.15) is 0 Å². The summed E-state index contributed by atoms with van der Waals surface area (Å²) >= 11 is 0. The van der Waals surface area contributed by atoms with Crippen LogP contribution in [0.25, 0.3) is 11.5 Å². The lowest BCUT2D eigenvalue weighted by Crippen LogP contribution is -2.41. The minimum atomic E-state index is 0.338. The predicted octanol–water partition coefficient (Wildman–Crippen LogP) is 4.23. The van der Waals surface area contributed by atoms with Crippen molar-refractivity contribution in [1.29, 1.82) is 0 Å². The van der Waals surface area contributed by atoms with Gasteiger partial charge in [0.05, 0.1) is 5.56 Å². The molecule has 2 aliphatic rings. The zero-order valence-corrected chi connectivity index (χ0v) is 19.1. The Morgan fingerprint density at radius 3 is 2.71 bits per heavy atom. The Balaban J connectivity index is 1.42. The van der Waals surface area contributed by atoms with Gasteiger partial charge in [-0.1, -0.05) is 25.5 Å². The fraction of sp³-hybridized carbons (Fsp3) is 0.640. The van der Waals surface area contributed by atoms with Crippen molar-refractivity contribution in [3.63, 3.8) is 0 Å². The molecule has 1 N–H and O–H groups in total. The molecule has 0 radical (unpaired) electrons. The standard InChI is InChI=1S/C25H36N4O2/c1-17(2)23-12-21(13-24-27-28-25(31-24)20-5-4-8-26-14-20)18(3)11-22(23)15-29-9-6-19(16-30)7-10-29/h4-5,8,11,14,17,19,21-23,30H,6-7,9-10,12-13,15-16H2,1-3H3/t21-,22-,23-/m0/s1. The molecule has 2 aromatic heterocycles. The second kappa shape index (κ2) is 10.0. The highest BCUT2D eigenvalue weighted by Crippen LogP contribution is 2.39. The first-order valence-electron chi connectivity index (χ1n) is 11.8. The van der Waals surface area contributed by atoms with Crippen LogP contribution < -0.4 is 0 Å². The molecule has 3 heterocycles. The lowest BCUT2D eigenvalue weighted by atomic mass is 9.69. The Bertz CT molecular complexity index is 855. The lowest BCUT2D eigenvalue weighted by Gasteiger charge is -2.40. The molecule has 0 unspecified atom stereocenters. The smallest absolute Gasteiger partial charge is 0.249 e. The van der Waals surface area contributed by atoms with E-state index < -0.39 is 0 Å². The molecular formula is C25H36N4O2. The van der Waals surface area contributed by atoms with Gasteiger partial charge < -0.3 is 14.4 Å². The van der Waals surface area contributed by atoms with Crippen LogP contribution in [0.4, 0.5) is 0 Å². The van der Waals surface area contributed by atoms with E-state index in [1.165, 1.54) is 12.0 Å². The molecule has 0 spiro atoms. The molecule has 31 heavy (non-hydrogen) atoms. The molecule has 0 aromatic carbocycles.